The average molecular weight is 292 g/mol. The molecule has 0 nitrogen and oxygen atoms in total. The molecule has 0 aromatic heterocycles. The van der Waals surface area contributed by atoms with Crippen molar-refractivity contribution in [3.63, 3.8) is 0 Å². The highest BCUT2D eigenvalue weighted by molar-refractivity contribution is 9.25. The van der Waals surface area contributed by atoms with Crippen molar-refractivity contribution in [1.29, 1.82) is 0 Å². The molecule has 0 bridgehead atoms. The predicted octanol–water partition coefficient (Wildman–Crippen LogP) is 4.01. The van der Waals surface area contributed by atoms with Gasteiger partial charge < -0.3 is 0 Å². The van der Waals surface area contributed by atoms with Gasteiger partial charge in [-0.05, 0) is 6.42 Å². The van der Waals surface area contributed by atoms with Crippen molar-refractivity contribution in [2.75, 3.05) is 0 Å². The molecule has 0 radical (unpaired) electrons. The second-order valence-electron chi connectivity index (χ2n) is 4.10. The standard InChI is InChI=1S/C10H12Br2/c1-8-6-4-3-5-7-9(8,2)10(8,11)12/h3-6H,7H2,1-2H3. The molecule has 2 aliphatic rings. The summed E-state index contributed by atoms with van der Waals surface area (Å²) in [7, 11) is 0. The first-order valence-corrected chi connectivity index (χ1v) is 5.76. The molecule has 66 valence electrons. The molecule has 0 saturated heterocycles. The quantitative estimate of drug-likeness (QED) is 0.592. The third-order valence-corrected chi connectivity index (χ3v) is 7.03. The van der Waals surface area contributed by atoms with Gasteiger partial charge in [-0.25, -0.2) is 0 Å². The van der Waals surface area contributed by atoms with Gasteiger partial charge in [-0.15, -0.1) is 0 Å². The molecule has 0 aromatic carbocycles. The molecular weight excluding hydrogens is 280 g/mol. The van der Waals surface area contributed by atoms with E-state index in [0.29, 0.717) is 5.41 Å². The minimum absolute atomic E-state index is 0.0985. The van der Waals surface area contributed by atoms with Crippen molar-refractivity contribution in [3.05, 3.63) is 24.3 Å². The summed E-state index contributed by atoms with van der Waals surface area (Å²) in [5, 5.41) is 0. The Morgan fingerprint density at radius 2 is 1.83 bits per heavy atom. The van der Waals surface area contributed by atoms with Crippen molar-refractivity contribution < 1.29 is 0 Å². The van der Waals surface area contributed by atoms with Gasteiger partial charge in [-0.2, -0.15) is 0 Å². The fourth-order valence-corrected chi connectivity index (χ4v) is 4.25. The lowest BCUT2D eigenvalue weighted by Gasteiger charge is -2.09. The summed E-state index contributed by atoms with van der Waals surface area (Å²) in [5.41, 5.74) is 0.576. The van der Waals surface area contributed by atoms with E-state index < -0.39 is 0 Å². The van der Waals surface area contributed by atoms with Crippen LogP contribution in [0.4, 0.5) is 0 Å². The Hall–Kier alpha value is 0.440. The second kappa shape index (κ2) is 2.27. The normalized spacial score (nSPS) is 48.3. The Balaban J connectivity index is 2.44. The van der Waals surface area contributed by atoms with Crippen LogP contribution in [0.15, 0.2) is 24.3 Å². The summed E-state index contributed by atoms with van der Waals surface area (Å²) in [5.74, 6) is 0. The van der Waals surface area contributed by atoms with E-state index in [-0.39, 0.29) is 8.65 Å². The molecule has 2 aliphatic carbocycles. The molecule has 2 rings (SSSR count). The zero-order valence-corrected chi connectivity index (χ0v) is 10.4. The van der Waals surface area contributed by atoms with Gasteiger partial charge in [-0.1, -0.05) is 70.0 Å². The molecule has 12 heavy (non-hydrogen) atoms. The van der Waals surface area contributed by atoms with E-state index >= 15 is 0 Å². The SMILES string of the molecule is CC12C=CC=CCC1(C)C2(Br)Br. The smallest absolute Gasteiger partial charge is 0.0839 e. The van der Waals surface area contributed by atoms with E-state index in [1.165, 1.54) is 0 Å². The van der Waals surface area contributed by atoms with E-state index in [0.717, 1.165) is 6.42 Å². The van der Waals surface area contributed by atoms with Gasteiger partial charge in [0, 0.05) is 10.8 Å². The number of hydrogen-bond acceptors (Lipinski definition) is 0. The molecule has 2 unspecified atom stereocenters. The maximum atomic E-state index is 3.76. The lowest BCUT2D eigenvalue weighted by molar-refractivity contribution is 0.464. The maximum Gasteiger partial charge on any atom is 0.0964 e. The van der Waals surface area contributed by atoms with E-state index in [9.17, 15) is 0 Å². The summed E-state index contributed by atoms with van der Waals surface area (Å²) in [6.07, 6.45) is 9.95. The van der Waals surface area contributed by atoms with Gasteiger partial charge in [0.05, 0.1) is 3.23 Å². The van der Waals surface area contributed by atoms with Gasteiger partial charge >= 0.3 is 0 Å². The molecule has 0 N–H and O–H groups in total. The Labute approximate surface area is 90.4 Å². The molecule has 0 spiro atoms. The van der Waals surface area contributed by atoms with Gasteiger partial charge in [-0.3, -0.25) is 0 Å². The lowest BCUT2D eigenvalue weighted by atomic mass is 9.94. The third kappa shape index (κ3) is 0.741. The van der Waals surface area contributed by atoms with Crippen LogP contribution >= 0.6 is 31.9 Å². The lowest BCUT2D eigenvalue weighted by Crippen LogP contribution is -2.02. The highest BCUT2D eigenvalue weighted by Crippen LogP contribution is 2.82. The molecule has 0 heterocycles. The molecule has 1 fully saturated rings. The van der Waals surface area contributed by atoms with E-state index in [1.54, 1.807) is 0 Å². The molecule has 2 heteroatoms. The van der Waals surface area contributed by atoms with Crippen LogP contribution in [0.5, 0.6) is 0 Å². The van der Waals surface area contributed by atoms with Crippen LogP contribution in [0.1, 0.15) is 20.3 Å². The number of fused-ring (bicyclic) bond motifs is 1. The first-order chi connectivity index (χ1) is 5.46. The molecule has 1 saturated carbocycles. The Morgan fingerprint density at radius 1 is 1.17 bits per heavy atom. The van der Waals surface area contributed by atoms with Gasteiger partial charge in [0.1, 0.15) is 0 Å². The second-order valence-corrected chi connectivity index (χ2v) is 7.54. The number of allylic oxidation sites excluding steroid dienone is 4. The molecule has 2 atom stereocenters. The molecular formula is C10H12Br2. The minimum Gasteiger partial charge on any atom is -0.0839 e. The zero-order chi connectivity index (χ0) is 9.04. The van der Waals surface area contributed by atoms with Gasteiger partial charge in [0.25, 0.3) is 0 Å². The van der Waals surface area contributed by atoms with Crippen molar-refractivity contribution in [3.8, 4) is 0 Å². The predicted molar refractivity (Wildman–Crippen MR) is 59.7 cm³/mol. The number of alkyl halides is 2. The largest absolute Gasteiger partial charge is 0.0964 e. The van der Waals surface area contributed by atoms with E-state index in [2.05, 4.69) is 70.0 Å². The highest BCUT2D eigenvalue weighted by atomic mass is 79.9. The first kappa shape index (κ1) is 9.01. The topological polar surface area (TPSA) is 0 Å². The molecule has 0 aromatic rings. The van der Waals surface area contributed by atoms with E-state index in [1.807, 2.05) is 0 Å². The Kier molecular flexibility index (Phi) is 1.70. The molecule has 0 aliphatic heterocycles. The van der Waals surface area contributed by atoms with Crippen LogP contribution in [-0.2, 0) is 0 Å². The summed E-state index contributed by atoms with van der Waals surface area (Å²) in [6, 6.07) is 0. The zero-order valence-electron chi connectivity index (χ0n) is 7.27. The summed E-state index contributed by atoms with van der Waals surface area (Å²) in [6.45, 7) is 4.61. The molecule has 0 amide bonds. The minimum atomic E-state index is 0.0985. The summed E-state index contributed by atoms with van der Waals surface area (Å²) >= 11 is 7.52. The Bertz CT molecular complexity index is 278. The van der Waals surface area contributed by atoms with Gasteiger partial charge in [0.15, 0.2) is 0 Å². The van der Waals surface area contributed by atoms with Crippen molar-refractivity contribution >= 4 is 31.9 Å². The maximum absolute atomic E-state index is 3.76. The fourth-order valence-electron chi connectivity index (χ4n) is 2.16. The number of rotatable bonds is 0. The van der Waals surface area contributed by atoms with Crippen LogP contribution in [-0.4, -0.2) is 3.23 Å². The van der Waals surface area contributed by atoms with Crippen molar-refractivity contribution in [2.45, 2.75) is 23.5 Å². The van der Waals surface area contributed by atoms with Crippen LogP contribution in [0, 0.1) is 10.8 Å². The average Bonchev–Trinajstić information content (AvgIpc) is 2.40. The Morgan fingerprint density at radius 3 is 2.50 bits per heavy atom. The third-order valence-electron chi connectivity index (χ3n) is 3.63. The summed E-state index contributed by atoms with van der Waals surface area (Å²) < 4.78 is 0.0985. The highest BCUT2D eigenvalue weighted by Gasteiger charge is 2.78. The first-order valence-electron chi connectivity index (χ1n) is 4.18. The van der Waals surface area contributed by atoms with Crippen molar-refractivity contribution in [2.24, 2.45) is 10.8 Å². The van der Waals surface area contributed by atoms with Crippen LogP contribution < -0.4 is 0 Å². The number of hydrogen-bond donors (Lipinski definition) is 0. The number of halogens is 2. The fraction of sp³-hybridized carbons (Fsp3) is 0.600. The van der Waals surface area contributed by atoms with Crippen LogP contribution in [0.25, 0.3) is 0 Å². The van der Waals surface area contributed by atoms with E-state index in [4.69, 9.17) is 0 Å². The monoisotopic (exact) mass is 290 g/mol. The van der Waals surface area contributed by atoms with Gasteiger partial charge in [0.2, 0.25) is 0 Å². The summed E-state index contributed by atoms with van der Waals surface area (Å²) in [4.78, 5) is 0. The van der Waals surface area contributed by atoms with Crippen LogP contribution in [0.2, 0.25) is 0 Å². The van der Waals surface area contributed by atoms with Crippen molar-refractivity contribution in [1.82, 2.24) is 0 Å². The van der Waals surface area contributed by atoms with Crippen LogP contribution in [0.3, 0.4) is 0 Å².